The maximum Gasteiger partial charge on any atom is 0.260 e. The maximum absolute atomic E-state index is 13.2. The van der Waals surface area contributed by atoms with Crippen molar-refractivity contribution >= 4 is 28.1 Å². The van der Waals surface area contributed by atoms with Gasteiger partial charge in [-0.15, -0.1) is 0 Å². The molecule has 1 aliphatic heterocycles. The first-order valence-electron chi connectivity index (χ1n) is 10.1. The summed E-state index contributed by atoms with van der Waals surface area (Å²) < 4.78 is 24.9. The number of hydrogen-bond acceptors (Lipinski definition) is 5. The molecule has 0 radical (unpaired) electrons. The summed E-state index contributed by atoms with van der Waals surface area (Å²) in [4.78, 5) is 28.4. The van der Waals surface area contributed by atoms with Crippen LogP contribution >= 0.6 is 15.9 Å². The molecule has 1 saturated heterocycles. The van der Waals surface area contributed by atoms with E-state index in [9.17, 15) is 14.0 Å². The summed E-state index contributed by atoms with van der Waals surface area (Å²) in [6.45, 7) is 5.84. The highest BCUT2D eigenvalue weighted by Crippen LogP contribution is 2.34. The van der Waals surface area contributed by atoms with E-state index >= 15 is 0 Å². The summed E-state index contributed by atoms with van der Waals surface area (Å²) >= 11 is 3.33. The summed E-state index contributed by atoms with van der Waals surface area (Å²) in [7, 11) is 1.48. The zero-order valence-electron chi connectivity index (χ0n) is 17.8. The van der Waals surface area contributed by atoms with Crippen LogP contribution in [0.5, 0.6) is 11.5 Å². The largest absolute Gasteiger partial charge is 0.493 e. The Bertz CT molecular complexity index is 938. The van der Waals surface area contributed by atoms with Gasteiger partial charge < -0.3 is 14.4 Å². The van der Waals surface area contributed by atoms with Crippen LogP contribution in [0.2, 0.25) is 0 Å². The van der Waals surface area contributed by atoms with Gasteiger partial charge in [-0.05, 0) is 43.7 Å². The lowest BCUT2D eigenvalue weighted by atomic mass is 10.1. The highest BCUT2D eigenvalue weighted by atomic mass is 79.9. The number of nitrogens with zero attached hydrogens (tertiary/aromatic N) is 2. The molecule has 166 valence electrons. The number of amides is 1. The van der Waals surface area contributed by atoms with Gasteiger partial charge in [0.15, 0.2) is 24.4 Å². The minimum atomic E-state index is -0.249. The van der Waals surface area contributed by atoms with E-state index in [0.29, 0.717) is 41.7 Å². The number of aldehydes is 1. The molecule has 8 heteroatoms. The first-order chi connectivity index (χ1) is 14.8. The minimum Gasteiger partial charge on any atom is -0.493 e. The highest BCUT2D eigenvalue weighted by molar-refractivity contribution is 9.10. The molecule has 6 nitrogen and oxygen atoms in total. The monoisotopic (exact) mass is 492 g/mol. The van der Waals surface area contributed by atoms with Gasteiger partial charge in [-0.3, -0.25) is 14.5 Å². The lowest BCUT2D eigenvalue weighted by molar-refractivity contribution is -0.139. The van der Waals surface area contributed by atoms with Gasteiger partial charge in [0.2, 0.25) is 0 Å². The molecule has 3 rings (SSSR count). The van der Waals surface area contributed by atoms with E-state index < -0.39 is 0 Å². The summed E-state index contributed by atoms with van der Waals surface area (Å²) in [5.41, 5.74) is 1.34. The van der Waals surface area contributed by atoms with Crippen molar-refractivity contribution in [3.8, 4) is 11.5 Å². The van der Waals surface area contributed by atoms with Gasteiger partial charge in [0.1, 0.15) is 5.82 Å². The molecule has 0 saturated carbocycles. The average molecular weight is 493 g/mol. The van der Waals surface area contributed by atoms with E-state index in [-0.39, 0.29) is 36.2 Å². The number of carbonyl (C=O) groups is 2. The van der Waals surface area contributed by atoms with E-state index in [0.717, 1.165) is 5.56 Å². The normalized spacial score (nSPS) is 19.2. The van der Waals surface area contributed by atoms with Gasteiger partial charge in [-0.25, -0.2) is 4.39 Å². The van der Waals surface area contributed by atoms with Gasteiger partial charge in [-0.2, -0.15) is 0 Å². The fourth-order valence-corrected chi connectivity index (χ4v) is 4.24. The van der Waals surface area contributed by atoms with Gasteiger partial charge >= 0.3 is 0 Å². The molecule has 0 bridgehead atoms. The predicted octanol–water partition coefficient (Wildman–Crippen LogP) is 3.91. The smallest absolute Gasteiger partial charge is 0.260 e. The Kier molecular flexibility index (Phi) is 7.67. The third-order valence-corrected chi connectivity index (χ3v) is 5.93. The second kappa shape index (κ2) is 10.2. The SMILES string of the molecule is COc1cc(Br)cc(C=O)c1OCC(=O)N1C[C@H](C)N(Cc2ccc(F)cc2)C[C@H]1C. The van der Waals surface area contributed by atoms with Crippen LogP contribution in [0.25, 0.3) is 0 Å². The van der Waals surface area contributed by atoms with Crippen molar-refractivity contribution in [1.82, 2.24) is 9.80 Å². The van der Waals surface area contributed by atoms with Crippen molar-refractivity contribution in [2.24, 2.45) is 0 Å². The first-order valence-corrected chi connectivity index (χ1v) is 10.8. The first kappa shape index (κ1) is 23.2. The standard InChI is InChI=1S/C23H26BrFN2O4/c1-15-11-27(16(2)10-26(15)12-17-4-6-20(25)7-5-17)22(29)14-31-23-18(13-28)8-19(24)9-21(23)30-3/h4-9,13,15-16H,10-12,14H2,1-3H3/t15-,16+/m0/s1. The van der Waals surface area contributed by atoms with Crippen molar-refractivity contribution in [2.45, 2.75) is 32.5 Å². The number of carbonyl (C=O) groups excluding carboxylic acids is 2. The molecular weight excluding hydrogens is 467 g/mol. The van der Waals surface area contributed by atoms with Gasteiger partial charge in [0, 0.05) is 36.2 Å². The molecule has 0 aromatic heterocycles. The highest BCUT2D eigenvalue weighted by Gasteiger charge is 2.32. The molecule has 1 aliphatic rings. The summed E-state index contributed by atoms with van der Waals surface area (Å²) in [5.74, 6) is 0.239. The second-order valence-corrected chi connectivity index (χ2v) is 8.65. The number of methoxy groups -OCH3 is 1. The zero-order valence-corrected chi connectivity index (χ0v) is 19.4. The van der Waals surface area contributed by atoms with Crippen molar-refractivity contribution < 1.29 is 23.5 Å². The van der Waals surface area contributed by atoms with Crippen LogP contribution in [0.4, 0.5) is 4.39 Å². The number of piperazine rings is 1. The lowest BCUT2D eigenvalue weighted by Crippen LogP contribution is -2.58. The Morgan fingerprint density at radius 3 is 2.55 bits per heavy atom. The average Bonchev–Trinajstić information content (AvgIpc) is 2.75. The molecule has 31 heavy (non-hydrogen) atoms. The van der Waals surface area contributed by atoms with E-state index in [1.807, 2.05) is 6.92 Å². The lowest BCUT2D eigenvalue weighted by Gasteiger charge is -2.44. The van der Waals surface area contributed by atoms with E-state index in [1.54, 1.807) is 29.2 Å². The topological polar surface area (TPSA) is 59.1 Å². The van der Waals surface area contributed by atoms with Crippen molar-refractivity contribution in [3.63, 3.8) is 0 Å². The van der Waals surface area contributed by atoms with Crippen LogP contribution in [-0.2, 0) is 11.3 Å². The van der Waals surface area contributed by atoms with Crippen LogP contribution in [-0.4, -0.2) is 60.9 Å². The number of benzene rings is 2. The number of rotatable bonds is 7. The number of halogens is 2. The Morgan fingerprint density at radius 1 is 1.19 bits per heavy atom. The molecular formula is C23H26BrFN2O4. The van der Waals surface area contributed by atoms with Crippen LogP contribution in [0.1, 0.15) is 29.8 Å². The third-order valence-electron chi connectivity index (χ3n) is 5.47. The molecule has 2 aromatic carbocycles. The van der Waals surface area contributed by atoms with Crippen LogP contribution < -0.4 is 9.47 Å². The van der Waals surface area contributed by atoms with Crippen molar-refractivity contribution in [1.29, 1.82) is 0 Å². The quantitative estimate of drug-likeness (QED) is 0.548. The molecule has 1 amide bonds. The van der Waals surface area contributed by atoms with E-state index in [2.05, 4.69) is 27.8 Å². The Labute approximate surface area is 190 Å². The third kappa shape index (κ3) is 5.62. The molecule has 1 heterocycles. The molecule has 2 atom stereocenters. The fraction of sp³-hybridized carbons (Fsp3) is 0.391. The molecule has 0 unspecified atom stereocenters. The Balaban J connectivity index is 1.63. The Hall–Kier alpha value is -2.45. The fourth-order valence-electron chi connectivity index (χ4n) is 3.79. The molecule has 1 fully saturated rings. The van der Waals surface area contributed by atoms with Crippen molar-refractivity contribution in [3.05, 3.63) is 57.8 Å². The number of hydrogen-bond donors (Lipinski definition) is 0. The maximum atomic E-state index is 13.2. The van der Waals surface area contributed by atoms with E-state index in [4.69, 9.17) is 9.47 Å². The molecule has 0 N–H and O–H groups in total. The van der Waals surface area contributed by atoms with Crippen molar-refractivity contribution in [2.75, 3.05) is 26.8 Å². The van der Waals surface area contributed by atoms with E-state index in [1.165, 1.54) is 19.2 Å². The van der Waals surface area contributed by atoms with Crippen LogP contribution in [0.15, 0.2) is 40.9 Å². The second-order valence-electron chi connectivity index (χ2n) is 7.73. The zero-order chi connectivity index (χ0) is 22.5. The predicted molar refractivity (Wildman–Crippen MR) is 119 cm³/mol. The summed E-state index contributed by atoms with van der Waals surface area (Å²) in [6, 6.07) is 9.93. The van der Waals surface area contributed by atoms with Crippen LogP contribution in [0, 0.1) is 5.82 Å². The molecule has 2 aromatic rings. The van der Waals surface area contributed by atoms with Gasteiger partial charge in [-0.1, -0.05) is 28.1 Å². The molecule has 0 aliphatic carbocycles. The van der Waals surface area contributed by atoms with Gasteiger partial charge in [0.05, 0.1) is 12.7 Å². The minimum absolute atomic E-state index is 0.00916. The Morgan fingerprint density at radius 2 is 1.90 bits per heavy atom. The summed E-state index contributed by atoms with van der Waals surface area (Å²) in [5, 5.41) is 0. The molecule has 0 spiro atoms. The summed E-state index contributed by atoms with van der Waals surface area (Å²) in [6.07, 6.45) is 0.673. The number of ether oxygens (including phenoxy) is 2. The van der Waals surface area contributed by atoms with Crippen LogP contribution in [0.3, 0.4) is 0 Å². The van der Waals surface area contributed by atoms with Gasteiger partial charge in [0.25, 0.3) is 5.91 Å².